The summed E-state index contributed by atoms with van der Waals surface area (Å²) in [4.78, 5) is 28.1. The molecule has 1 atom stereocenters. The van der Waals surface area contributed by atoms with Gasteiger partial charge in [-0.1, -0.05) is 12.6 Å². The summed E-state index contributed by atoms with van der Waals surface area (Å²) in [5, 5.41) is 8.25. The van der Waals surface area contributed by atoms with Crippen LogP contribution in [0, 0.1) is 0 Å². The van der Waals surface area contributed by atoms with E-state index in [2.05, 4.69) is 44.7 Å². The predicted octanol–water partition coefficient (Wildman–Crippen LogP) is 4.42. The van der Waals surface area contributed by atoms with Crippen molar-refractivity contribution in [3.63, 3.8) is 0 Å². The molecule has 4 aromatic heterocycles. The molecule has 7 rings (SSSR count). The van der Waals surface area contributed by atoms with E-state index in [1.165, 1.54) is 17.2 Å². The van der Waals surface area contributed by atoms with Crippen LogP contribution in [0.3, 0.4) is 0 Å². The second-order valence-electron chi connectivity index (χ2n) is 10.4. The summed E-state index contributed by atoms with van der Waals surface area (Å²) < 4.78 is 3.89. The third kappa shape index (κ3) is 4.38. The highest BCUT2D eigenvalue weighted by Crippen LogP contribution is 2.36. The summed E-state index contributed by atoms with van der Waals surface area (Å²) in [5.74, 6) is 1.57. The van der Waals surface area contributed by atoms with Crippen molar-refractivity contribution in [3.05, 3.63) is 97.1 Å². The van der Waals surface area contributed by atoms with Crippen molar-refractivity contribution in [1.29, 1.82) is 0 Å². The Morgan fingerprint density at radius 3 is 2.70 bits per heavy atom. The molecule has 9 heteroatoms. The molecule has 0 bridgehead atoms. The SMILES string of the molecule is C=CC(=O)N1CCC(N[C@H]2CCc3cc(-n4c(-c5cccnc5)nc5ccc(-n6cccn6)nc54)ccc32)CC1. The van der Waals surface area contributed by atoms with Gasteiger partial charge in [0.05, 0.1) is 0 Å². The summed E-state index contributed by atoms with van der Waals surface area (Å²) >= 11 is 0. The van der Waals surface area contributed by atoms with Crippen molar-refractivity contribution >= 4 is 17.1 Å². The Morgan fingerprint density at radius 1 is 1.02 bits per heavy atom. The molecule has 1 saturated heterocycles. The topological polar surface area (TPSA) is 93.8 Å². The summed E-state index contributed by atoms with van der Waals surface area (Å²) in [7, 11) is 0. The minimum absolute atomic E-state index is 0.0288. The number of rotatable bonds is 6. The molecule has 1 aromatic carbocycles. The van der Waals surface area contributed by atoms with Gasteiger partial charge in [0, 0.05) is 61.2 Å². The molecule has 1 N–H and O–H groups in total. The highest BCUT2D eigenvalue weighted by molar-refractivity contribution is 5.87. The monoisotopic (exact) mass is 530 g/mol. The zero-order valence-corrected chi connectivity index (χ0v) is 22.1. The van der Waals surface area contributed by atoms with Gasteiger partial charge in [-0.15, -0.1) is 0 Å². The lowest BCUT2D eigenvalue weighted by Gasteiger charge is -2.33. The van der Waals surface area contributed by atoms with Gasteiger partial charge in [0.15, 0.2) is 11.5 Å². The van der Waals surface area contributed by atoms with Crippen molar-refractivity contribution in [2.24, 2.45) is 0 Å². The predicted molar refractivity (Wildman–Crippen MR) is 153 cm³/mol. The number of aryl methyl sites for hydroxylation is 1. The smallest absolute Gasteiger partial charge is 0.245 e. The first kappa shape index (κ1) is 24.4. The number of nitrogens with zero attached hydrogens (tertiary/aromatic N) is 7. The first-order valence-corrected chi connectivity index (χ1v) is 13.8. The van der Waals surface area contributed by atoms with Crippen LogP contribution in [0.4, 0.5) is 0 Å². The summed E-state index contributed by atoms with van der Waals surface area (Å²) in [6.45, 7) is 5.17. The van der Waals surface area contributed by atoms with E-state index in [1.807, 2.05) is 47.6 Å². The average Bonchev–Trinajstić information content (AvgIpc) is 3.76. The lowest BCUT2D eigenvalue weighted by molar-refractivity contribution is -0.127. The Bertz CT molecular complexity index is 1680. The van der Waals surface area contributed by atoms with E-state index >= 15 is 0 Å². The first-order chi connectivity index (χ1) is 19.7. The zero-order valence-electron chi connectivity index (χ0n) is 22.1. The fourth-order valence-corrected chi connectivity index (χ4v) is 6.01. The van der Waals surface area contributed by atoms with E-state index in [9.17, 15) is 4.79 Å². The number of carbonyl (C=O) groups is 1. The van der Waals surface area contributed by atoms with Gasteiger partial charge in [-0.2, -0.15) is 5.10 Å². The van der Waals surface area contributed by atoms with Crippen LogP contribution in [0.15, 0.2) is 86.0 Å². The van der Waals surface area contributed by atoms with Crippen molar-refractivity contribution in [2.75, 3.05) is 13.1 Å². The Hall–Kier alpha value is -4.63. The number of carbonyl (C=O) groups excluding carboxylic acids is 1. The number of benzene rings is 1. The van der Waals surface area contributed by atoms with Crippen LogP contribution in [0.2, 0.25) is 0 Å². The molecule has 40 heavy (non-hydrogen) atoms. The number of nitrogens with one attached hydrogen (secondary N) is 1. The van der Waals surface area contributed by atoms with Crippen molar-refractivity contribution in [2.45, 2.75) is 37.8 Å². The Morgan fingerprint density at radius 2 is 1.93 bits per heavy atom. The maximum atomic E-state index is 12.0. The van der Waals surface area contributed by atoms with Crippen LogP contribution in [0.1, 0.15) is 36.4 Å². The maximum absolute atomic E-state index is 12.0. The van der Waals surface area contributed by atoms with Gasteiger partial charge in [0.25, 0.3) is 0 Å². The summed E-state index contributed by atoms with van der Waals surface area (Å²) in [6, 6.07) is 17.2. The molecule has 1 aliphatic heterocycles. The second kappa shape index (κ2) is 10.2. The molecule has 200 valence electrons. The molecule has 2 aliphatic rings. The fraction of sp³-hybridized carbons (Fsp3) is 0.258. The van der Waals surface area contributed by atoms with Crippen LogP contribution in [0.25, 0.3) is 34.1 Å². The second-order valence-corrected chi connectivity index (χ2v) is 10.4. The maximum Gasteiger partial charge on any atom is 0.245 e. The summed E-state index contributed by atoms with van der Waals surface area (Å²) in [5.41, 5.74) is 6.25. The largest absolute Gasteiger partial charge is 0.339 e. The summed E-state index contributed by atoms with van der Waals surface area (Å²) in [6.07, 6.45) is 12.7. The Labute approximate surface area is 232 Å². The first-order valence-electron chi connectivity index (χ1n) is 13.8. The third-order valence-electron chi connectivity index (χ3n) is 8.03. The molecule has 5 heterocycles. The van der Waals surface area contributed by atoms with Gasteiger partial charge in [-0.3, -0.25) is 14.3 Å². The van der Waals surface area contributed by atoms with Gasteiger partial charge in [-0.05, 0) is 85.4 Å². The van der Waals surface area contributed by atoms with Crippen molar-refractivity contribution in [3.8, 4) is 22.9 Å². The number of imidazole rings is 1. The molecule has 0 radical (unpaired) electrons. The van der Waals surface area contributed by atoms with E-state index < -0.39 is 0 Å². The minimum Gasteiger partial charge on any atom is -0.339 e. The van der Waals surface area contributed by atoms with Gasteiger partial charge in [0.1, 0.15) is 11.3 Å². The van der Waals surface area contributed by atoms with E-state index in [1.54, 1.807) is 17.1 Å². The molecule has 9 nitrogen and oxygen atoms in total. The number of fused-ring (bicyclic) bond motifs is 2. The van der Waals surface area contributed by atoms with Crippen LogP contribution >= 0.6 is 0 Å². The van der Waals surface area contributed by atoms with E-state index in [0.717, 1.165) is 72.8 Å². The Balaban J connectivity index is 1.22. The quantitative estimate of drug-likeness (QED) is 0.327. The van der Waals surface area contributed by atoms with Gasteiger partial charge >= 0.3 is 0 Å². The molecule has 1 fully saturated rings. The fourth-order valence-electron chi connectivity index (χ4n) is 6.01. The number of pyridine rings is 2. The van der Waals surface area contributed by atoms with Crippen LogP contribution in [-0.2, 0) is 11.2 Å². The van der Waals surface area contributed by atoms with Gasteiger partial charge in [-0.25, -0.2) is 14.6 Å². The van der Waals surface area contributed by atoms with Crippen molar-refractivity contribution in [1.82, 2.24) is 39.5 Å². The molecule has 0 unspecified atom stereocenters. The van der Waals surface area contributed by atoms with Gasteiger partial charge < -0.3 is 10.2 Å². The number of likely N-dealkylation sites (tertiary alicyclic amines) is 1. The van der Waals surface area contributed by atoms with E-state index in [0.29, 0.717) is 12.1 Å². The lowest BCUT2D eigenvalue weighted by Crippen LogP contribution is -2.45. The average molecular weight is 531 g/mol. The van der Waals surface area contributed by atoms with Crippen LogP contribution in [-0.4, -0.2) is 59.2 Å². The highest BCUT2D eigenvalue weighted by Gasteiger charge is 2.28. The number of hydrogen-bond acceptors (Lipinski definition) is 6. The molecular weight excluding hydrogens is 500 g/mol. The third-order valence-corrected chi connectivity index (χ3v) is 8.03. The van der Waals surface area contributed by atoms with Crippen LogP contribution in [0.5, 0.6) is 0 Å². The van der Waals surface area contributed by atoms with Gasteiger partial charge in [0.2, 0.25) is 5.91 Å². The Kier molecular flexibility index (Phi) is 6.20. The molecule has 0 saturated carbocycles. The lowest BCUT2D eigenvalue weighted by atomic mass is 10.0. The number of amides is 1. The van der Waals surface area contributed by atoms with Crippen molar-refractivity contribution < 1.29 is 4.79 Å². The minimum atomic E-state index is 0.0288. The van der Waals surface area contributed by atoms with E-state index in [4.69, 9.17) is 9.97 Å². The standard InChI is InChI=1S/C31H30N8O/c1-2-29(40)37-17-12-23(13-18-37)34-26-9-6-21-19-24(7-8-25(21)26)39-30(22-5-3-14-32-20-22)35-27-10-11-28(36-31(27)39)38-16-4-15-33-38/h2-5,7-8,10-11,14-16,19-20,23,26,34H,1,6,9,12-13,17-18H2/t26-/m0/s1. The highest BCUT2D eigenvalue weighted by atomic mass is 16.2. The molecular formula is C31H30N8O. The molecule has 0 spiro atoms. The molecule has 1 amide bonds. The van der Waals surface area contributed by atoms with Crippen LogP contribution < -0.4 is 5.32 Å². The number of piperidine rings is 1. The van der Waals surface area contributed by atoms with E-state index in [-0.39, 0.29) is 5.91 Å². The molecule has 1 aliphatic carbocycles. The normalized spacial score (nSPS) is 17.3. The molecule has 5 aromatic rings. The number of aromatic nitrogens is 6. The number of hydrogen-bond donors (Lipinski definition) is 1. The zero-order chi connectivity index (χ0) is 27.1.